The predicted molar refractivity (Wildman–Crippen MR) is 220 cm³/mol. The van der Waals surface area contributed by atoms with Crippen molar-refractivity contribution in [3.8, 4) is 23.2 Å². The number of anilines is 2. The molecule has 60 heavy (non-hydrogen) atoms. The monoisotopic (exact) mass is 871 g/mol. The van der Waals surface area contributed by atoms with Crippen LogP contribution in [0.15, 0.2) is 12.1 Å². The lowest BCUT2D eigenvalue weighted by Gasteiger charge is -2.34. The maximum Gasteiger partial charge on any atom is 0.412 e. The van der Waals surface area contributed by atoms with E-state index >= 15 is 13.2 Å². The molecule has 0 radical (unpaired) electrons. The minimum Gasteiger partial charge on any atom is -0.461 e. The van der Waals surface area contributed by atoms with Crippen molar-refractivity contribution in [1.82, 2.24) is 19.8 Å². The van der Waals surface area contributed by atoms with Crippen molar-refractivity contribution >= 4 is 66.9 Å². The Hall–Kier alpha value is -4.66. The summed E-state index contributed by atoms with van der Waals surface area (Å²) in [5.41, 5.74) is -3.76. The number of alkyl halides is 1. The summed E-state index contributed by atoms with van der Waals surface area (Å²) < 4.78 is 82.0. The van der Waals surface area contributed by atoms with Crippen LogP contribution in [0.25, 0.3) is 32.1 Å². The molecule has 12 nitrogen and oxygen atoms in total. The van der Waals surface area contributed by atoms with Gasteiger partial charge in [-0.2, -0.15) is 15.2 Å². The van der Waals surface area contributed by atoms with Crippen molar-refractivity contribution < 1.29 is 41.4 Å². The molecule has 4 saturated heterocycles. The van der Waals surface area contributed by atoms with Crippen LogP contribution in [0.5, 0.6) is 6.01 Å². The molecule has 2 unspecified atom stereocenters. The SMILES string of the molecule is CC(C)(C)OC(=O)Nc1sc2c(F)ccc(-c3c(F)c(Cl)c4c(N5CCC6CC(C5)N(C(=O)OC(C)(C)C)C6)nc(OC[C@@]56CCCN5C[C@H](F)C6)nc4c3F)c2c1C#N. The zero-order valence-corrected chi connectivity index (χ0v) is 35.8. The fourth-order valence-electron chi connectivity index (χ4n) is 9.19. The van der Waals surface area contributed by atoms with Gasteiger partial charge in [-0.25, -0.2) is 27.2 Å². The van der Waals surface area contributed by atoms with Crippen molar-refractivity contribution in [3.05, 3.63) is 40.2 Å². The van der Waals surface area contributed by atoms with E-state index in [0.29, 0.717) is 50.2 Å². The van der Waals surface area contributed by atoms with Gasteiger partial charge < -0.3 is 24.0 Å². The molecule has 8 rings (SSSR count). The van der Waals surface area contributed by atoms with Crippen LogP contribution in [0.4, 0.5) is 38.0 Å². The van der Waals surface area contributed by atoms with Gasteiger partial charge in [0.05, 0.1) is 37.8 Å². The fraction of sp³-hybridized carbons (Fsp3) is 0.548. The predicted octanol–water partition coefficient (Wildman–Crippen LogP) is 9.59. The third-order valence-corrected chi connectivity index (χ3v) is 13.1. The Kier molecular flexibility index (Phi) is 10.8. The summed E-state index contributed by atoms with van der Waals surface area (Å²) in [6.07, 6.45) is 0.689. The maximum atomic E-state index is 17.5. The number of hydrogen-bond donors (Lipinski definition) is 1. The number of rotatable bonds is 6. The molecule has 4 atom stereocenters. The van der Waals surface area contributed by atoms with E-state index in [0.717, 1.165) is 18.6 Å². The first-order valence-electron chi connectivity index (χ1n) is 20.1. The second-order valence-electron chi connectivity index (χ2n) is 18.2. The fourth-order valence-corrected chi connectivity index (χ4v) is 10.5. The molecule has 2 aromatic heterocycles. The standard InChI is InChI=1S/C42H46ClF4N7O5S/c1-40(2,3)58-38(55)51-36-25(16-48)27-24(8-9-26(45)34(27)60-36)28-31(46)30(43)29-33(32(28)47)49-37(57-20-42-11-7-12-53(42)18-22(44)15-42)50-35(29)52-13-10-21-14-23(19-52)54(17-21)39(56)59-41(4,5)6/h8-9,21-23H,7,10-15,17-20H2,1-6H3,(H,51,55)/t21?,22-,23?,42+/m1/s1. The first-order valence-corrected chi connectivity index (χ1v) is 21.3. The number of nitrogens with one attached hydrogen (secondary N) is 1. The molecule has 0 aliphatic carbocycles. The molecule has 0 spiro atoms. The number of benzene rings is 2. The molecule has 4 aliphatic rings. The number of amides is 2. The van der Waals surface area contributed by atoms with E-state index in [1.54, 1.807) is 46.4 Å². The lowest BCUT2D eigenvalue weighted by atomic mass is 9.95. The highest BCUT2D eigenvalue weighted by atomic mass is 35.5. The summed E-state index contributed by atoms with van der Waals surface area (Å²) in [6, 6.07) is 3.55. The number of carbonyl (C=O) groups excluding carboxylic acids is 2. The van der Waals surface area contributed by atoms with Gasteiger partial charge in [-0.15, -0.1) is 11.3 Å². The number of nitriles is 1. The molecule has 1 N–H and O–H groups in total. The van der Waals surface area contributed by atoms with Crippen LogP contribution in [-0.4, -0.2) is 100 Å². The number of fused-ring (bicyclic) bond motifs is 5. The normalized spacial score (nSPS) is 23.2. The third-order valence-electron chi connectivity index (χ3n) is 11.6. The number of thiophene rings is 1. The van der Waals surface area contributed by atoms with Gasteiger partial charge in [-0.3, -0.25) is 10.2 Å². The van der Waals surface area contributed by atoms with Crippen molar-refractivity contribution in [1.29, 1.82) is 5.26 Å². The molecule has 4 aromatic rings. The molecule has 0 saturated carbocycles. The number of carbonyl (C=O) groups is 2. The Morgan fingerprint density at radius 3 is 2.50 bits per heavy atom. The Morgan fingerprint density at radius 1 is 1.03 bits per heavy atom. The first kappa shape index (κ1) is 42.0. The van der Waals surface area contributed by atoms with Crippen molar-refractivity contribution in [2.24, 2.45) is 5.92 Å². The van der Waals surface area contributed by atoms with Crippen molar-refractivity contribution in [2.75, 3.05) is 49.5 Å². The smallest absolute Gasteiger partial charge is 0.412 e. The molecule has 320 valence electrons. The third kappa shape index (κ3) is 7.75. The molecular formula is C42H46ClF4N7O5S. The second kappa shape index (κ2) is 15.4. The highest BCUT2D eigenvalue weighted by molar-refractivity contribution is 7.23. The van der Waals surface area contributed by atoms with Gasteiger partial charge >= 0.3 is 18.2 Å². The van der Waals surface area contributed by atoms with Gasteiger partial charge in [0.15, 0.2) is 11.6 Å². The lowest BCUT2D eigenvalue weighted by Crippen LogP contribution is -2.46. The van der Waals surface area contributed by atoms with E-state index in [4.69, 9.17) is 30.8 Å². The molecule has 2 amide bonds. The number of ether oxygens (including phenoxy) is 3. The topological polar surface area (TPSA) is 133 Å². The Morgan fingerprint density at radius 2 is 1.78 bits per heavy atom. The van der Waals surface area contributed by atoms with Crippen LogP contribution in [0.2, 0.25) is 5.02 Å². The van der Waals surface area contributed by atoms with E-state index in [2.05, 4.69) is 15.2 Å². The minimum absolute atomic E-state index is 0.0192. The van der Waals surface area contributed by atoms with E-state index < -0.39 is 68.7 Å². The van der Waals surface area contributed by atoms with Gasteiger partial charge in [-0.1, -0.05) is 17.7 Å². The van der Waals surface area contributed by atoms with Gasteiger partial charge in [-0.05, 0) is 91.3 Å². The highest BCUT2D eigenvalue weighted by Gasteiger charge is 2.50. The molecule has 6 heterocycles. The molecule has 4 fully saturated rings. The lowest BCUT2D eigenvalue weighted by molar-refractivity contribution is 0.0221. The number of halogens is 5. The Balaban J connectivity index is 1.26. The van der Waals surface area contributed by atoms with Gasteiger partial charge in [0.1, 0.15) is 52.2 Å². The summed E-state index contributed by atoms with van der Waals surface area (Å²) in [4.78, 5) is 40.9. The van der Waals surface area contributed by atoms with Crippen LogP contribution in [0.3, 0.4) is 0 Å². The Labute approximate surface area is 353 Å². The highest BCUT2D eigenvalue weighted by Crippen LogP contribution is 2.48. The Bertz CT molecular complexity index is 2450. The minimum atomic E-state index is -1.21. The largest absolute Gasteiger partial charge is 0.461 e. The van der Waals surface area contributed by atoms with E-state index in [1.165, 1.54) is 0 Å². The molecule has 4 aliphatic heterocycles. The van der Waals surface area contributed by atoms with Gasteiger partial charge in [0.2, 0.25) is 0 Å². The van der Waals surface area contributed by atoms with Crippen molar-refractivity contribution in [2.45, 2.75) is 103 Å². The summed E-state index contributed by atoms with van der Waals surface area (Å²) in [6.45, 7) is 12.5. The van der Waals surface area contributed by atoms with E-state index in [1.807, 2.05) is 11.0 Å². The zero-order valence-electron chi connectivity index (χ0n) is 34.2. The zero-order chi connectivity index (χ0) is 43.1. The molecule has 2 aromatic carbocycles. The number of likely N-dealkylation sites (tertiary alicyclic amines) is 1. The van der Waals surface area contributed by atoms with Crippen LogP contribution in [0.1, 0.15) is 79.2 Å². The van der Waals surface area contributed by atoms with Crippen LogP contribution >= 0.6 is 22.9 Å². The van der Waals surface area contributed by atoms with Gasteiger partial charge in [0.25, 0.3) is 0 Å². The number of aromatic nitrogens is 2. The summed E-state index contributed by atoms with van der Waals surface area (Å²) in [5, 5.41) is 11.9. The van der Waals surface area contributed by atoms with Crippen LogP contribution < -0.4 is 15.0 Å². The number of nitrogens with zero attached hydrogens (tertiary/aromatic N) is 6. The number of hydrogen-bond acceptors (Lipinski definition) is 11. The average Bonchev–Trinajstić information content (AvgIpc) is 3.87. The molecule has 2 bridgehead atoms. The first-order chi connectivity index (χ1) is 28.3. The maximum absolute atomic E-state index is 17.5. The van der Waals surface area contributed by atoms with Crippen molar-refractivity contribution in [3.63, 3.8) is 0 Å². The van der Waals surface area contributed by atoms with Crippen LogP contribution in [0, 0.1) is 34.7 Å². The molecule has 18 heteroatoms. The summed E-state index contributed by atoms with van der Waals surface area (Å²) >= 11 is 7.64. The summed E-state index contributed by atoms with van der Waals surface area (Å²) in [7, 11) is 0. The van der Waals surface area contributed by atoms with Gasteiger partial charge in [0, 0.05) is 38.0 Å². The average molecular weight is 872 g/mol. The van der Waals surface area contributed by atoms with Crippen LogP contribution in [-0.2, 0) is 9.47 Å². The quantitative estimate of drug-likeness (QED) is 0.148. The van der Waals surface area contributed by atoms with E-state index in [9.17, 15) is 19.2 Å². The molecular weight excluding hydrogens is 826 g/mol. The second-order valence-corrected chi connectivity index (χ2v) is 19.6. The van der Waals surface area contributed by atoms with E-state index in [-0.39, 0.29) is 81.5 Å². The summed E-state index contributed by atoms with van der Waals surface area (Å²) in [5.74, 6) is -2.97.